The number of esters is 1. The number of rotatable bonds is 2. The first kappa shape index (κ1) is 14.2. The van der Waals surface area contributed by atoms with Gasteiger partial charge in [-0.05, 0) is 25.5 Å². The Morgan fingerprint density at radius 3 is 2.64 bits per heavy atom. The van der Waals surface area contributed by atoms with Gasteiger partial charge >= 0.3 is 5.97 Å². The van der Waals surface area contributed by atoms with Crippen molar-refractivity contribution in [3.8, 4) is 0 Å². The highest BCUT2D eigenvalue weighted by molar-refractivity contribution is 6.46. The van der Waals surface area contributed by atoms with Gasteiger partial charge in [0.1, 0.15) is 12.0 Å². The number of fused-ring (bicyclic) bond motifs is 1. The molecule has 0 aromatic heterocycles. The van der Waals surface area contributed by atoms with Crippen LogP contribution in [0.15, 0.2) is 23.3 Å². The molecule has 0 aliphatic carbocycles. The van der Waals surface area contributed by atoms with Crippen LogP contribution in [0.1, 0.15) is 11.1 Å². The smallest absolute Gasteiger partial charge is 0.355 e. The number of nitrogens with zero attached hydrogens (tertiary/aromatic N) is 2. The lowest BCUT2D eigenvalue weighted by Crippen LogP contribution is -2.36. The Morgan fingerprint density at radius 2 is 2.00 bits per heavy atom. The summed E-state index contributed by atoms with van der Waals surface area (Å²) in [5.74, 6) is -2.51. The first-order valence-corrected chi connectivity index (χ1v) is 6.82. The second-order valence-electron chi connectivity index (χ2n) is 5.37. The number of ether oxygens (including phenoxy) is 1. The van der Waals surface area contributed by atoms with Gasteiger partial charge in [0.25, 0.3) is 5.91 Å². The van der Waals surface area contributed by atoms with Gasteiger partial charge in [0.15, 0.2) is 5.71 Å². The van der Waals surface area contributed by atoms with Gasteiger partial charge in [-0.15, -0.1) is 0 Å². The van der Waals surface area contributed by atoms with E-state index in [1.54, 1.807) is 6.07 Å². The Kier molecular flexibility index (Phi) is 3.20. The monoisotopic (exact) mass is 301 g/mol. The van der Waals surface area contributed by atoms with Crippen LogP contribution in [0.25, 0.3) is 0 Å². The summed E-state index contributed by atoms with van der Waals surface area (Å²) in [6.07, 6.45) is 0. The molecule has 0 bridgehead atoms. The van der Waals surface area contributed by atoms with Crippen LogP contribution < -0.4 is 10.3 Å². The standard InChI is InChI=1S/C15H15N3O4/c1-7-4-5-9(8(2)6-7)18-13(19)10-11(14(18)20)16-17-12(10)15(21)22-3/h4-6,10-11,16H,1-3H3/t10-,11-/m0/s1. The molecule has 2 amide bonds. The van der Waals surface area contributed by atoms with Crippen molar-refractivity contribution in [2.45, 2.75) is 19.9 Å². The van der Waals surface area contributed by atoms with Gasteiger partial charge in [-0.25, -0.2) is 9.69 Å². The van der Waals surface area contributed by atoms with Crippen LogP contribution in [-0.4, -0.2) is 36.6 Å². The Morgan fingerprint density at radius 1 is 1.27 bits per heavy atom. The van der Waals surface area contributed by atoms with Gasteiger partial charge in [0.05, 0.1) is 12.8 Å². The van der Waals surface area contributed by atoms with E-state index in [4.69, 9.17) is 0 Å². The molecular weight excluding hydrogens is 286 g/mol. The number of amides is 2. The van der Waals surface area contributed by atoms with E-state index in [0.29, 0.717) is 5.69 Å². The van der Waals surface area contributed by atoms with Crippen LogP contribution >= 0.6 is 0 Å². The Bertz CT molecular complexity index is 725. The zero-order valence-electron chi connectivity index (χ0n) is 12.4. The highest BCUT2D eigenvalue weighted by Crippen LogP contribution is 2.32. The fourth-order valence-corrected chi connectivity index (χ4v) is 2.86. The van der Waals surface area contributed by atoms with Crippen LogP contribution in [0.4, 0.5) is 5.69 Å². The van der Waals surface area contributed by atoms with E-state index < -0.39 is 29.7 Å². The van der Waals surface area contributed by atoms with Crippen molar-refractivity contribution in [2.24, 2.45) is 11.0 Å². The summed E-state index contributed by atoms with van der Waals surface area (Å²) < 4.78 is 4.61. The van der Waals surface area contributed by atoms with Crippen LogP contribution in [0.3, 0.4) is 0 Å². The fraction of sp³-hybridized carbons (Fsp3) is 0.333. The largest absolute Gasteiger partial charge is 0.464 e. The number of imide groups is 1. The molecule has 0 spiro atoms. The van der Waals surface area contributed by atoms with Crippen LogP contribution in [0, 0.1) is 19.8 Å². The van der Waals surface area contributed by atoms with Crippen molar-refractivity contribution in [1.29, 1.82) is 0 Å². The van der Waals surface area contributed by atoms with Crippen molar-refractivity contribution in [3.63, 3.8) is 0 Å². The minimum Gasteiger partial charge on any atom is -0.464 e. The molecule has 1 N–H and O–H groups in total. The number of anilines is 1. The van der Waals surface area contributed by atoms with Gasteiger partial charge in [-0.2, -0.15) is 5.10 Å². The summed E-state index contributed by atoms with van der Waals surface area (Å²) in [5.41, 5.74) is 4.90. The quantitative estimate of drug-likeness (QED) is 0.627. The predicted octanol–water partition coefficient (Wildman–Crippen LogP) is 0.294. The Labute approximate surface area is 126 Å². The van der Waals surface area contributed by atoms with Crippen LogP contribution in [0.5, 0.6) is 0 Å². The average molecular weight is 301 g/mol. The number of hydrogen-bond donors (Lipinski definition) is 1. The molecule has 2 atom stereocenters. The first-order chi connectivity index (χ1) is 10.5. The summed E-state index contributed by atoms with van der Waals surface area (Å²) in [5, 5.41) is 3.78. The highest BCUT2D eigenvalue weighted by atomic mass is 16.5. The highest BCUT2D eigenvalue weighted by Gasteiger charge is 2.55. The number of benzene rings is 1. The minimum atomic E-state index is -0.930. The van der Waals surface area contributed by atoms with E-state index in [9.17, 15) is 14.4 Å². The molecule has 7 heteroatoms. The normalized spacial score (nSPS) is 23.2. The van der Waals surface area contributed by atoms with E-state index in [1.165, 1.54) is 7.11 Å². The van der Waals surface area contributed by atoms with Gasteiger partial charge < -0.3 is 4.74 Å². The topological polar surface area (TPSA) is 88.1 Å². The number of nitrogens with one attached hydrogen (secondary N) is 1. The van der Waals surface area contributed by atoms with Gasteiger partial charge in [0.2, 0.25) is 5.91 Å². The molecule has 1 fully saturated rings. The zero-order valence-corrected chi connectivity index (χ0v) is 12.4. The molecular formula is C15H15N3O4. The Balaban J connectivity index is 2.00. The second kappa shape index (κ2) is 4.94. The van der Waals surface area contributed by atoms with Crippen molar-refractivity contribution >= 4 is 29.2 Å². The predicted molar refractivity (Wildman–Crippen MR) is 78.3 cm³/mol. The molecule has 1 saturated heterocycles. The summed E-state index contributed by atoms with van der Waals surface area (Å²) >= 11 is 0. The molecule has 22 heavy (non-hydrogen) atoms. The number of hydrazone groups is 1. The number of methoxy groups -OCH3 is 1. The molecule has 2 aliphatic heterocycles. The third-order valence-corrected chi connectivity index (χ3v) is 3.91. The van der Waals surface area contributed by atoms with Crippen molar-refractivity contribution < 1.29 is 19.1 Å². The maximum absolute atomic E-state index is 12.6. The van der Waals surface area contributed by atoms with Crippen molar-refractivity contribution in [3.05, 3.63) is 29.3 Å². The minimum absolute atomic E-state index is 0.0573. The number of carbonyl (C=O) groups excluding carboxylic acids is 3. The fourth-order valence-electron chi connectivity index (χ4n) is 2.86. The maximum Gasteiger partial charge on any atom is 0.355 e. The van der Waals surface area contributed by atoms with Crippen molar-refractivity contribution in [1.82, 2.24) is 5.43 Å². The summed E-state index contributed by atoms with van der Waals surface area (Å²) in [6, 6.07) is 4.62. The molecule has 2 aliphatic rings. The first-order valence-electron chi connectivity index (χ1n) is 6.82. The third-order valence-electron chi connectivity index (χ3n) is 3.91. The lowest BCUT2D eigenvalue weighted by atomic mass is 9.99. The second-order valence-corrected chi connectivity index (χ2v) is 5.37. The summed E-state index contributed by atoms with van der Waals surface area (Å²) in [4.78, 5) is 38.0. The van der Waals surface area contributed by atoms with Crippen LogP contribution in [0.2, 0.25) is 0 Å². The molecule has 1 aromatic rings. The van der Waals surface area contributed by atoms with E-state index in [2.05, 4.69) is 15.3 Å². The lowest BCUT2D eigenvalue weighted by molar-refractivity contribution is -0.133. The summed E-state index contributed by atoms with van der Waals surface area (Å²) in [7, 11) is 1.21. The number of carbonyl (C=O) groups is 3. The SMILES string of the molecule is COC(=O)C1=NN[C@@H]2C(=O)N(c3ccc(C)cc3C)C(=O)[C@H]12. The molecule has 1 aromatic carbocycles. The van der Waals surface area contributed by atoms with Crippen LogP contribution in [-0.2, 0) is 19.1 Å². The zero-order chi connectivity index (χ0) is 16.0. The third kappa shape index (κ3) is 1.89. The van der Waals surface area contributed by atoms with Crippen molar-refractivity contribution in [2.75, 3.05) is 12.0 Å². The van der Waals surface area contributed by atoms with E-state index in [-0.39, 0.29) is 5.71 Å². The maximum atomic E-state index is 12.6. The molecule has 3 rings (SSSR count). The molecule has 0 unspecified atom stereocenters. The molecule has 114 valence electrons. The number of hydrogen-bond acceptors (Lipinski definition) is 6. The molecule has 7 nitrogen and oxygen atoms in total. The van der Waals surface area contributed by atoms with Gasteiger partial charge in [-0.1, -0.05) is 17.7 Å². The molecule has 0 saturated carbocycles. The van der Waals surface area contributed by atoms with E-state index in [0.717, 1.165) is 16.0 Å². The van der Waals surface area contributed by atoms with Gasteiger partial charge in [0, 0.05) is 0 Å². The summed E-state index contributed by atoms with van der Waals surface area (Å²) in [6.45, 7) is 3.77. The van der Waals surface area contributed by atoms with Gasteiger partial charge in [-0.3, -0.25) is 15.0 Å². The van der Waals surface area contributed by atoms with E-state index in [1.807, 2.05) is 26.0 Å². The Hall–Kier alpha value is -2.70. The molecule has 0 radical (unpaired) electrons. The molecule has 2 heterocycles. The van der Waals surface area contributed by atoms with E-state index >= 15 is 0 Å². The lowest BCUT2D eigenvalue weighted by Gasteiger charge is -2.18. The average Bonchev–Trinajstić information content (AvgIpc) is 3.01. The number of aryl methyl sites for hydroxylation is 2.